The van der Waals surface area contributed by atoms with Gasteiger partial charge in [-0.2, -0.15) is 0 Å². The van der Waals surface area contributed by atoms with Crippen LogP contribution in [0.15, 0.2) is 53.4 Å². The molecule has 0 aliphatic carbocycles. The van der Waals surface area contributed by atoms with Gasteiger partial charge in [0.1, 0.15) is 0 Å². The number of nitrogens with zero attached hydrogens (tertiary/aromatic N) is 1. The van der Waals surface area contributed by atoms with Crippen molar-refractivity contribution in [3.8, 4) is 0 Å². The van der Waals surface area contributed by atoms with Gasteiger partial charge in [-0.05, 0) is 43.7 Å². The molecular weight excluding hydrogens is 334 g/mol. The zero-order valence-electron chi connectivity index (χ0n) is 14.7. The highest BCUT2D eigenvalue weighted by Gasteiger charge is 2.23. The van der Waals surface area contributed by atoms with Gasteiger partial charge in [-0.3, -0.25) is 4.90 Å². The molecule has 1 aliphatic rings. The minimum Gasteiger partial charge on any atom is -0.381 e. The van der Waals surface area contributed by atoms with Gasteiger partial charge < -0.3 is 5.32 Å². The van der Waals surface area contributed by atoms with Crippen LogP contribution in [0.1, 0.15) is 17.5 Å². The SMILES string of the molecule is CNS(=O)(=O)c1cc(NC2CCN(Cc3ccccc3)C2)ccc1C. The molecule has 25 heavy (non-hydrogen) atoms. The molecule has 0 saturated carbocycles. The molecule has 0 bridgehead atoms. The highest BCUT2D eigenvalue weighted by Crippen LogP contribution is 2.23. The molecule has 2 N–H and O–H groups in total. The first-order chi connectivity index (χ1) is 12.0. The van der Waals surface area contributed by atoms with Crippen LogP contribution in [0.5, 0.6) is 0 Å². The number of sulfonamides is 1. The molecule has 0 amide bonds. The molecular formula is C19H25N3O2S. The molecule has 1 fully saturated rings. The number of hydrogen-bond acceptors (Lipinski definition) is 4. The summed E-state index contributed by atoms with van der Waals surface area (Å²) in [5.41, 5.74) is 2.92. The summed E-state index contributed by atoms with van der Waals surface area (Å²) in [6.07, 6.45) is 1.05. The largest absolute Gasteiger partial charge is 0.381 e. The maximum Gasteiger partial charge on any atom is 0.240 e. The number of hydrogen-bond donors (Lipinski definition) is 2. The summed E-state index contributed by atoms with van der Waals surface area (Å²) in [6, 6.07) is 16.3. The van der Waals surface area contributed by atoms with Crippen LogP contribution in [-0.2, 0) is 16.6 Å². The van der Waals surface area contributed by atoms with E-state index in [2.05, 4.69) is 39.2 Å². The molecule has 1 saturated heterocycles. The Morgan fingerprint density at radius 1 is 1.16 bits per heavy atom. The summed E-state index contributed by atoms with van der Waals surface area (Å²) in [4.78, 5) is 2.76. The van der Waals surface area contributed by atoms with E-state index in [1.807, 2.05) is 25.1 Å². The average molecular weight is 359 g/mol. The minimum absolute atomic E-state index is 0.330. The lowest BCUT2D eigenvalue weighted by Crippen LogP contribution is -2.26. The Morgan fingerprint density at radius 3 is 2.64 bits per heavy atom. The van der Waals surface area contributed by atoms with E-state index in [9.17, 15) is 8.42 Å². The second kappa shape index (κ2) is 7.56. The van der Waals surface area contributed by atoms with Crippen molar-refractivity contribution in [3.05, 3.63) is 59.7 Å². The summed E-state index contributed by atoms with van der Waals surface area (Å²) < 4.78 is 26.6. The van der Waals surface area contributed by atoms with Crippen molar-refractivity contribution in [1.29, 1.82) is 0 Å². The second-order valence-electron chi connectivity index (χ2n) is 6.54. The lowest BCUT2D eigenvalue weighted by Gasteiger charge is -2.18. The Labute approximate surface area is 150 Å². The summed E-state index contributed by atoms with van der Waals surface area (Å²) in [5.74, 6) is 0. The molecule has 0 aromatic heterocycles. The first kappa shape index (κ1) is 17.9. The van der Waals surface area contributed by atoms with Crippen LogP contribution in [-0.4, -0.2) is 39.5 Å². The summed E-state index contributed by atoms with van der Waals surface area (Å²) in [5, 5.41) is 3.49. The van der Waals surface area contributed by atoms with Gasteiger partial charge >= 0.3 is 0 Å². The maximum atomic E-state index is 12.1. The number of likely N-dealkylation sites (tertiary alicyclic amines) is 1. The van der Waals surface area contributed by atoms with Crippen molar-refractivity contribution in [2.45, 2.75) is 30.8 Å². The Hall–Kier alpha value is -1.89. The quantitative estimate of drug-likeness (QED) is 0.832. The Balaban J connectivity index is 1.65. The van der Waals surface area contributed by atoms with Crippen molar-refractivity contribution in [2.75, 3.05) is 25.5 Å². The molecule has 3 rings (SSSR count). The first-order valence-electron chi connectivity index (χ1n) is 8.55. The van der Waals surface area contributed by atoms with E-state index in [4.69, 9.17) is 0 Å². The van der Waals surface area contributed by atoms with Crippen LogP contribution >= 0.6 is 0 Å². The van der Waals surface area contributed by atoms with Gasteiger partial charge in [0.25, 0.3) is 0 Å². The van der Waals surface area contributed by atoms with E-state index in [-0.39, 0.29) is 0 Å². The smallest absolute Gasteiger partial charge is 0.240 e. The summed E-state index contributed by atoms with van der Waals surface area (Å²) >= 11 is 0. The van der Waals surface area contributed by atoms with Crippen molar-refractivity contribution < 1.29 is 8.42 Å². The van der Waals surface area contributed by atoms with Crippen LogP contribution in [0.2, 0.25) is 0 Å². The van der Waals surface area contributed by atoms with Crippen molar-refractivity contribution in [1.82, 2.24) is 9.62 Å². The predicted octanol–water partition coefficient (Wildman–Crippen LogP) is 2.59. The zero-order valence-corrected chi connectivity index (χ0v) is 15.5. The molecule has 6 heteroatoms. The van der Waals surface area contributed by atoms with Gasteiger partial charge in [0.05, 0.1) is 4.90 Å². The molecule has 134 valence electrons. The third kappa shape index (κ3) is 4.39. The number of aryl methyl sites for hydroxylation is 1. The van der Waals surface area contributed by atoms with Crippen molar-refractivity contribution in [2.24, 2.45) is 0 Å². The van der Waals surface area contributed by atoms with Gasteiger partial charge in [-0.15, -0.1) is 0 Å². The van der Waals surface area contributed by atoms with Crippen molar-refractivity contribution in [3.63, 3.8) is 0 Å². The Morgan fingerprint density at radius 2 is 1.92 bits per heavy atom. The fraction of sp³-hybridized carbons (Fsp3) is 0.368. The number of rotatable bonds is 6. The summed E-state index contributed by atoms with van der Waals surface area (Å²) in [7, 11) is -2.00. The number of anilines is 1. The first-order valence-corrected chi connectivity index (χ1v) is 10.0. The molecule has 1 aliphatic heterocycles. The van der Waals surface area contributed by atoms with E-state index in [0.29, 0.717) is 10.9 Å². The summed E-state index contributed by atoms with van der Waals surface area (Å²) in [6.45, 7) is 4.76. The van der Waals surface area contributed by atoms with E-state index in [0.717, 1.165) is 37.3 Å². The van der Waals surface area contributed by atoms with E-state index < -0.39 is 10.0 Å². The highest BCUT2D eigenvalue weighted by molar-refractivity contribution is 7.89. The van der Waals surface area contributed by atoms with Crippen molar-refractivity contribution >= 4 is 15.7 Å². The monoisotopic (exact) mass is 359 g/mol. The van der Waals surface area contributed by atoms with Crippen LogP contribution in [0, 0.1) is 6.92 Å². The molecule has 5 nitrogen and oxygen atoms in total. The minimum atomic E-state index is -3.44. The van der Waals surface area contributed by atoms with E-state index >= 15 is 0 Å². The topological polar surface area (TPSA) is 61.4 Å². The van der Waals surface area contributed by atoms with Gasteiger partial charge in [-0.1, -0.05) is 36.4 Å². The van der Waals surface area contributed by atoms with Gasteiger partial charge in [0.15, 0.2) is 0 Å². The second-order valence-corrected chi connectivity index (χ2v) is 8.39. The molecule has 2 aromatic carbocycles. The lowest BCUT2D eigenvalue weighted by atomic mass is 10.2. The molecule has 1 unspecified atom stereocenters. The van der Waals surface area contributed by atoms with Crippen LogP contribution in [0.4, 0.5) is 5.69 Å². The van der Waals surface area contributed by atoms with Crippen LogP contribution in [0.3, 0.4) is 0 Å². The number of benzene rings is 2. The van der Waals surface area contributed by atoms with Crippen LogP contribution < -0.4 is 10.0 Å². The van der Waals surface area contributed by atoms with Gasteiger partial charge in [-0.25, -0.2) is 13.1 Å². The predicted molar refractivity (Wildman–Crippen MR) is 101 cm³/mol. The fourth-order valence-corrected chi connectivity index (χ4v) is 4.25. The molecule has 0 spiro atoms. The highest BCUT2D eigenvalue weighted by atomic mass is 32.2. The van der Waals surface area contributed by atoms with Gasteiger partial charge in [0, 0.05) is 31.4 Å². The fourth-order valence-electron chi connectivity index (χ4n) is 3.26. The van der Waals surface area contributed by atoms with Gasteiger partial charge in [0.2, 0.25) is 10.0 Å². The standard InChI is InChI=1S/C19H25N3O2S/c1-15-8-9-17(12-19(15)25(23,24)20-2)21-18-10-11-22(14-18)13-16-6-4-3-5-7-16/h3-9,12,18,20-21H,10-11,13-14H2,1-2H3. The Bertz CT molecular complexity index is 822. The average Bonchev–Trinajstić information content (AvgIpc) is 3.04. The Kier molecular flexibility index (Phi) is 5.42. The third-order valence-electron chi connectivity index (χ3n) is 4.64. The molecule has 1 atom stereocenters. The molecule has 1 heterocycles. The lowest BCUT2D eigenvalue weighted by molar-refractivity contribution is 0.328. The third-order valence-corrected chi connectivity index (χ3v) is 6.19. The normalized spacial score (nSPS) is 18.4. The number of nitrogens with one attached hydrogen (secondary N) is 2. The molecule has 2 aromatic rings. The maximum absolute atomic E-state index is 12.1. The molecule has 0 radical (unpaired) electrons. The van der Waals surface area contributed by atoms with E-state index in [1.54, 1.807) is 6.07 Å². The van der Waals surface area contributed by atoms with Crippen LogP contribution in [0.25, 0.3) is 0 Å². The zero-order chi connectivity index (χ0) is 17.9. The van der Waals surface area contributed by atoms with E-state index in [1.165, 1.54) is 12.6 Å².